The predicted octanol–water partition coefficient (Wildman–Crippen LogP) is 0.712. The molecule has 1 aromatic rings. The molecule has 0 aliphatic carbocycles. The second-order valence-corrected chi connectivity index (χ2v) is 3.85. The van der Waals surface area contributed by atoms with Gasteiger partial charge in [-0.1, -0.05) is 19.1 Å². The van der Waals surface area contributed by atoms with Crippen LogP contribution in [0, 0.1) is 0 Å². The molecular weight excluding hydrogens is 204 g/mol. The molecule has 2 amide bonds. The Morgan fingerprint density at radius 1 is 1.12 bits per heavy atom. The average Bonchev–Trinajstić information content (AvgIpc) is 2.28. The summed E-state index contributed by atoms with van der Waals surface area (Å²) in [6.07, 6.45) is 0.986. The Bertz CT molecular complexity index is 396. The third-order valence-corrected chi connectivity index (χ3v) is 2.66. The summed E-state index contributed by atoms with van der Waals surface area (Å²) in [5.74, 6) is -0.480. The van der Waals surface area contributed by atoms with Crippen LogP contribution in [0.1, 0.15) is 12.5 Å². The van der Waals surface area contributed by atoms with Crippen LogP contribution >= 0.6 is 0 Å². The van der Waals surface area contributed by atoms with Crippen LogP contribution in [0.25, 0.3) is 0 Å². The van der Waals surface area contributed by atoms with Gasteiger partial charge in [-0.3, -0.25) is 14.9 Å². The predicted molar refractivity (Wildman–Crippen MR) is 61.2 cm³/mol. The number of rotatable bonds is 2. The monoisotopic (exact) mass is 218 g/mol. The van der Waals surface area contributed by atoms with E-state index in [4.69, 9.17) is 0 Å². The molecule has 1 aliphatic rings. The number of piperazine rings is 1. The van der Waals surface area contributed by atoms with Crippen molar-refractivity contribution in [2.75, 3.05) is 18.0 Å². The molecule has 1 aliphatic heterocycles. The van der Waals surface area contributed by atoms with Gasteiger partial charge >= 0.3 is 0 Å². The Hall–Kier alpha value is -1.84. The van der Waals surface area contributed by atoms with E-state index in [2.05, 4.69) is 12.2 Å². The summed E-state index contributed by atoms with van der Waals surface area (Å²) in [7, 11) is 0. The number of amides is 2. The van der Waals surface area contributed by atoms with E-state index in [0.29, 0.717) is 0 Å². The van der Waals surface area contributed by atoms with Crippen LogP contribution in [-0.2, 0) is 16.0 Å². The van der Waals surface area contributed by atoms with Gasteiger partial charge in [0.1, 0.15) is 0 Å². The Morgan fingerprint density at radius 3 is 2.19 bits per heavy atom. The molecule has 1 N–H and O–H groups in total. The normalized spacial score (nSPS) is 16.2. The minimum absolute atomic E-state index is 0.240. The van der Waals surface area contributed by atoms with Gasteiger partial charge in [-0.2, -0.15) is 0 Å². The van der Waals surface area contributed by atoms with Crippen LogP contribution in [0.5, 0.6) is 0 Å². The highest BCUT2D eigenvalue weighted by atomic mass is 16.2. The summed E-state index contributed by atoms with van der Waals surface area (Å²) in [5, 5.41) is 2.28. The smallest absolute Gasteiger partial charge is 0.246 e. The molecule has 84 valence electrons. The third kappa shape index (κ3) is 2.21. The Labute approximate surface area is 94.2 Å². The molecule has 1 aromatic carbocycles. The minimum Gasteiger partial charge on any atom is -0.353 e. The fraction of sp³-hybridized carbons (Fsp3) is 0.333. The first-order valence-electron chi connectivity index (χ1n) is 5.35. The Balaban J connectivity index is 2.16. The van der Waals surface area contributed by atoms with E-state index < -0.39 is 0 Å². The Morgan fingerprint density at radius 2 is 1.69 bits per heavy atom. The number of aryl methyl sites for hydroxylation is 1. The molecule has 1 heterocycles. The quantitative estimate of drug-likeness (QED) is 0.744. The lowest BCUT2D eigenvalue weighted by Gasteiger charge is -2.27. The standard InChI is InChI=1S/C12H14N2O2/c1-2-9-3-5-10(6-4-9)14-7-11(15)13-12(16)8-14/h3-6H,2,7-8H2,1H3,(H,13,15,16). The summed E-state index contributed by atoms with van der Waals surface area (Å²) in [6, 6.07) is 7.94. The molecule has 16 heavy (non-hydrogen) atoms. The van der Waals surface area contributed by atoms with E-state index in [9.17, 15) is 9.59 Å². The maximum absolute atomic E-state index is 11.2. The zero-order valence-corrected chi connectivity index (χ0v) is 9.19. The average molecular weight is 218 g/mol. The van der Waals surface area contributed by atoms with Crippen LogP contribution in [0.2, 0.25) is 0 Å². The molecule has 2 rings (SSSR count). The van der Waals surface area contributed by atoms with Gasteiger partial charge in [0.25, 0.3) is 0 Å². The first-order valence-corrected chi connectivity index (χ1v) is 5.35. The molecule has 0 saturated carbocycles. The molecule has 0 radical (unpaired) electrons. The molecular formula is C12H14N2O2. The summed E-state index contributed by atoms with van der Waals surface area (Å²) >= 11 is 0. The lowest BCUT2D eigenvalue weighted by Crippen LogP contribution is -2.51. The zero-order chi connectivity index (χ0) is 11.5. The molecule has 0 aromatic heterocycles. The zero-order valence-electron chi connectivity index (χ0n) is 9.19. The van der Waals surface area contributed by atoms with Gasteiger partial charge in [0.2, 0.25) is 11.8 Å². The summed E-state index contributed by atoms with van der Waals surface area (Å²) in [6.45, 7) is 2.58. The van der Waals surface area contributed by atoms with Crippen LogP contribution in [-0.4, -0.2) is 24.9 Å². The fourth-order valence-corrected chi connectivity index (χ4v) is 1.76. The second kappa shape index (κ2) is 4.35. The van der Waals surface area contributed by atoms with E-state index in [1.165, 1.54) is 5.56 Å². The van der Waals surface area contributed by atoms with E-state index in [1.54, 1.807) is 4.90 Å². The molecule has 0 bridgehead atoms. The van der Waals surface area contributed by atoms with Gasteiger partial charge in [-0.15, -0.1) is 0 Å². The van der Waals surface area contributed by atoms with Gasteiger partial charge in [0.05, 0.1) is 13.1 Å². The van der Waals surface area contributed by atoms with Crippen molar-refractivity contribution in [1.29, 1.82) is 0 Å². The van der Waals surface area contributed by atoms with Crippen LogP contribution in [0.4, 0.5) is 5.69 Å². The van der Waals surface area contributed by atoms with Crippen LogP contribution < -0.4 is 10.2 Å². The van der Waals surface area contributed by atoms with Gasteiger partial charge in [-0.25, -0.2) is 0 Å². The number of nitrogens with zero attached hydrogens (tertiary/aromatic N) is 1. The van der Waals surface area contributed by atoms with Crippen molar-refractivity contribution in [3.05, 3.63) is 29.8 Å². The van der Waals surface area contributed by atoms with E-state index in [1.807, 2.05) is 24.3 Å². The summed E-state index contributed by atoms with van der Waals surface area (Å²) in [5.41, 5.74) is 2.16. The van der Waals surface area contributed by atoms with E-state index in [0.717, 1.165) is 12.1 Å². The van der Waals surface area contributed by atoms with Crippen molar-refractivity contribution < 1.29 is 9.59 Å². The largest absolute Gasteiger partial charge is 0.353 e. The highest BCUT2D eigenvalue weighted by molar-refractivity contribution is 6.02. The number of anilines is 1. The van der Waals surface area contributed by atoms with Crippen molar-refractivity contribution in [2.24, 2.45) is 0 Å². The number of hydrogen-bond acceptors (Lipinski definition) is 3. The molecule has 4 nitrogen and oxygen atoms in total. The molecule has 0 atom stereocenters. The minimum atomic E-state index is -0.240. The number of carbonyl (C=O) groups excluding carboxylic acids is 2. The van der Waals surface area contributed by atoms with Gasteiger partial charge in [-0.05, 0) is 24.1 Å². The number of benzene rings is 1. The van der Waals surface area contributed by atoms with Crippen LogP contribution in [0.3, 0.4) is 0 Å². The number of carbonyl (C=O) groups is 2. The highest BCUT2D eigenvalue weighted by Crippen LogP contribution is 2.16. The third-order valence-electron chi connectivity index (χ3n) is 2.66. The lowest BCUT2D eigenvalue weighted by atomic mass is 10.1. The summed E-state index contributed by atoms with van der Waals surface area (Å²) in [4.78, 5) is 24.2. The highest BCUT2D eigenvalue weighted by Gasteiger charge is 2.22. The second-order valence-electron chi connectivity index (χ2n) is 3.85. The fourth-order valence-electron chi connectivity index (χ4n) is 1.76. The topological polar surface area (TPSA) is 49.4 Å². The van der Waals surface area contributed by atoms with E-state index >= 15 is 0 Å². The van der Waals surface area contributed by atoms with Gasteiger partial charge in [0.15, 0.2) is 0 Å². The number of nitrogens with one attached hydrogen (secondary N) is 1. The van der Waals surface area contributed by atoms with Crippen molar-refractivity contribution in [3.8, 4) is 0 Å². The van der Waals surface area contributed by atoms with Crippen molar-refractivity contribution >= 4 is 17.5 Å². The maximum Gasteiger partial charge on any atom is 0.246 e. The lowest BCUT2D eigenvalue weighted by molar-refractivity contribution is -0.130. The van der Waals surface area contributed by atoms with Gasteiger partial charge < -0.3 is 4.90 Å². The van der Waals surface area contributed by atoms with E-state index in [-0.39, 0.29) is 24.9 Å². The van der Waals surface area contributed by atoms with Crippen LogP contribution in [0.15, 0.2) is 24.3 Å². The van der Waals surface area contributed by atoms with Crippen molar-refractivity contribution in [2.45, 2.75) is 13.3 Å². The number of imide groups is 1. The first-order chi connectivity index (χ1) is 7.69. The first kappa shape index (κ1) is 10.7. The SMILES string of the molecule is CCc1ccc(N2CC(=O)NC(=O)C2)cc1. The molecule has 4 heteroatoms. The Kier molecular flexibility index (Phi) is 2.90. The molecule has 0 spiro atoms. The maximum atomic E-state index is 11.2. The summed E-state index contributed by atoms with van der Waals surface area (Å²) < 4.78 is 0. The van der Waals surface area contributed by atoms with Crippen molar-refractivity contribution in [1.82, 2.24) is 5.32 Å². The van der Waals surface area contributed by atoms with Crippen molar-refractivity contribution in [3.63, 3.8) is 0 Å². The number of hydrogen-bond donors (Lipinski definition) is 1. The molecule has 1 saturated heterocycles. The van der Waals surface area contributed by atoms with Gasteiger partial charge in [0, 0.05) is 5.69 Å². The molecule has 1 fully saturated rings. The molecule has 0 unspecified atom stereocenters.